The fourth-order valence-corrected chi connectivity index (χ4v) is 4.59. The van der Waals surface area contributed by atoms with Crippen LogP contribution in [0.25, 0.3) is 11.0 Å². The molecule has 5 nitrogen and oxygen atoms in total. The maximum atomic E-state index is 12.4. The number of pyridine rings is 1. The molecular weight excluding hydrogens is 414 g/mol. The van der Waals surface area contributed by atoms with E-state index in [1.807, 2.05) is 12.1 Å². The molecule has 138 valence electrons. The Hall–Kier alpha value is -1.70. The number of sulfonamides is 1. The van der Waals surface area contributed by atoms with Gasteiger partial charge in [-0.25, -0.2) is 18.1 Å². The third-order valence-electron chi connectivity index (χ3n) is 4.07. The van der Waals surface area contributed by atoms with Gasteiger partial charge in [-0.1, -0.05) is 35.8 Å². The summed E-state index contributed by atoms with van der Waals surface area (Å²) in [7, 11) is -3.52. The maximum absolute atomic E-state index is 12.4. The van der Waals surface area contributed by atoms with Gasteiger partial charge in [-0.15, -0.1) is 0 Å². The molecule has 0 atom stereocenters. The minimum absolute atomic E-state index is 0.260. The Morgan fingerprint density at radius 1 is 1.23 bits per heavy atom. The predicted molar refractivity (Wildman–Crippen MR) is 108 cm³/mol. The van der Waals surface area contributed by atoms with Crippen molar-refractivity contribution in [3.05, 3.63) is 58.8 Å². The topological polar surface area (TPSA) is 64.0 Å². The van der Waals surface area contributed by atoms with Crippen molar-refractivity contribution in [1.82, 2.24) is 14.3 Å². The lowest BCUT2D eigenvalue weighted by atomic mass is 10.2. The van der Waals surface area contributed by atoms with Crippen LogP contribution in [0.5, 0.6) is 0 Å². The smallest absolute Gasteiger partial charge is 0.240 e. The van der Waals surface area contributed by atoms with Crippen LogP contribution in [-0.2, 0) is 23.0 Å². The first-order valence-electron chi connectivity index (χ1n) is 8.55. The zero-order chi connectivity index (χ0) is 18.7. The number of fused-ring (bicyclic) bond motifs is 1. The quantitative estimate of drug-likeness (QED) is 0.610. The first-order chi connectivity index (χ1) is 12.4. The number of aromatic nitrogens is 2. The summed E-state index contributed by atoms with van der Waals surface area (Å²) in [6, 6.07) is 10.7. The van der Waals surface area contributed by atoms with Crippen LogP contribution < -0.4 is 4.72 Å². The Morgan fingerprint density at radius 3 is 2.77 bits per heavy atom. The van der Waals surface area contributed by atoms with Gasteiger partial charge in [0.05, 0.1) is 4.90 Å². The number of nitrogens with one attached hydrogen (secondary N) is 1. The average molecular weight is 436 g/mol. The zero-order valence-electron chi connectivity index (χ0n) is 14.8. The second-order valence-corrected chi connectivity index (χ2v) is 9.36. The molecule has 0 unspecified atom stereocenters. The Labute approximate surface area is 162 Å². The van der Waals surface area contributed by atoms with Gasteiger partial charge in [0, 0.05) is 35.3 Å². The van der Waals surface area contributed by atoms with Crippen LogP contribution >= 0.6 is 15.9 Å². The number of rotatable bonds is 7. The Bertz CT molecular complexity index is 1010. The lowest BCUT2D eigenvalue weighted by Crippen LogP contribution is -2.26. The summed E-state index contributed by atoms with van der Waals surface area (Å²) in [6.45, 7) is 5.56. The minimum Gasteiger partial charge on any atom is -0.332 e. The first kappa shape index (κ1) is 19.1. The summed E-state index contributed by atoms with van der Waals surface area (Å²) in [5.74, 6) is 0.510. The van der Waals surface area contributed by atoms with Crippen molar-refractivity contribution in [2.45, 2.75) is 31.7 Å². The standard InChI is InChI=1S/C19H22BrN3O2S/c1-14(2)12-23-13-15(18-7-4-9-21-19(18)23)8-10-22-26(24,25)17-6-3-5-16(20)11-17/h3-7,9,11,13-14,22H,8,10,12H2,1-2H3. The highest BCUT2D eigenvalue weighted by molar-refractivity contribution is 9.10. The van der Waals surface area contributed by atoms with Gasteiger partial charge in [0.1, 0.15) is 5.65 Å². The van der Waals surface area contributed by atoms with E-state index in [2.05, 4.69) is 50.2 Å². The number of hydrogen-bond donors (Lipinski definition) is 1. The summed E-state index contributed by atoms with van der Waals surface area (Å²) >= 11 is 3.31. The highest BCUT2D eigenvalue weighted by Gasteiger charge is 2.15. The van der Waals surface area contributed by atoms with Gasteiger partial charge in [-0.05, 0) is 48.2 Å². The summed E-state index contributed by atoms with van der Waals surface area (Å²) in [5.41, 5.74) is 2.05. The van der Waals surface area contributed by atoms with Gasteiger partial charge in [0.15, 0.2) is 0 Å². The van der Waals surface area contributed by atoms with Gasteiger partial charge in [-0.2, -0.15) is 0 Å². The van der Waals surface area contributed by atoms with Gasteiger partial charge in [-0.3, -0.25) is 0 Å². The lowest BCUT2D eigenvalue weighted by Gasteiger charge is -2.07. The van der Waals surface area contributed by atoms with E-state index >= 15 is 0 Å². The molecule has 2 aromatic heterocycles. The van der Waals surface area contributed by atoms with Crippen molar-refractivity contribution < 1.29 is 8.42 Å². The Morgan fingerprint density at radius 2 is 2.04 bits per heavy atom. The predicted octanol–water partition coefficient (Wildman–Crippen LogP) is 3.98. The molecule has 0 bridgehead atoms. The molecule has 1 aromatic carbocycles. The fourth-order valence-electron chi connectivity index (χ4n) is 2.96. The molecule has 26 heavy (non-hydrogen) atoms. The molecule has 3 aromatic rings. The summed E-state index contributed by atoms with van der Waals surface area (Å²) in [4.78, 5) is 4.75. The van der Waals surface area contributed by atoms with E-state index in [1.165, 1.54) is 0 Å². The van der Waals surface area contributed by atoms with E-state index in [4.69, 9.17) is 0 Å². The van der Waals surface area contributed by atoms with E-state index < -0.39 is 10.0 Å². The molecule has 0 spiro atoms. The van der Waals surface area contributed by atoms with E-state index in [0.717, 1.165) is 27.6 Å². The van der Waals surface area contributed by atoms with E-state index in [0.29, 0.717) is 18.9 Å². The monoisotopic (exact) mass is 435 g/mol. The SMILES string of the molecule is CC(C)Cn1cc(CCNS(=O)(=O)c2cccc(Br)c2)c2cccnc21. The Kier molecular flexibility index (Phi) is 5.79. The summed E-state index contributed by atoms with van der Waals surface area (Å²) in [6.07, 6.45) is 4.49. The number of halogens is 1. The van der Waals surface area contributed by atoms with Crippen LogP contribution in [-0.4, -0.2) is 24.5 Å². The van der Waals surface area contributed by atoms with E-state index in [9.17, 15) is 8.42 Å². The average Bonchev–Trinajstić information content (AvgIpc) is 2.92. The zero-order valence-corrected chi connectivity index (χ0v) is 17.2. The van der Waals surface area contributed by atoms with Crippen molar-refractivity contribution in [1.29, 1.82) is 0 Å². The molecular formula is C19H22BrN3O2S. The second kappa shape index (κ2) is 7.90. The minimum atomic E-state index is -3.52. The van der Waals surface area contributed by atoms with Crippen LogP contribution in [0.3, 0.4) is 0 Å². The molecule has 7 heteroatoms. The van der Waals surface area contributed by atoms with Crippen molar-refractivity contribution in [3.8, 4) is 0 Å². The van der Waals surface area contributed by atoms with Crippen LogP contribution in [0, 0.1) is 5.92 Å². The van der Waals surface area contributed by atoms with Crippen LogP contribution in [0.4, 0.5) is 0 Å². The fraction of sp³-hybridized carbons (Fsp3) is 0.316. The highest BCUT2D eigenvalue weighted by atomic mass is 79.9. The molecule has 0 amide bonds. The van der Waals surface area contributed by atoms with E-state index in [1.54, 1.807) is 30.5 Å². The van der Waals surface area contributed by atoms with Crippen LogP contribution in [0.2, 0.25) is 0 Å². The Balaban J connectivity index is 1.76. The molecule has 1 N–H and O–H groups in total. The van der Waals surface area contributed by atoms with Crippen molar-refractivity contribution in [3.63, 3.8) is 0 Å². The van der Waals surface area contributed by atoms with Gasteiger partial charge >= 0.3 is 0 Å². The van der Waals surface area contributed by atoms with E-state index in [-0.39, 0.29) is 4.90 Å². The van der Waals surface area contributed by atoms with Gasteiger partial charge in [0.2, 0.25) is 10.0 Å². The number of hydrogen-bond acceptors (Lipinski definition) is 3. The summed E-state index contributed by atoms with van der Waals surface area (Å²) < 4.78 is 30.5. The van der Waals surface area contributed by atoms with Crippen LogP contribution in [0.1, 0.15) is 19.4 Å². The molecule has 2 heterocycles. The number of nitrogens with zero attached hydrogens (tertiary/aromatic N) is 2. The summed E-state index contributed by atoms with van der Waals surface area (Å²) in [5, 5.41) is 1.08. The van der Waals surface area contributed by atoms with Crippen LogP contribution in [0.15, 0.2) is 58.2 Å². The third-order valence-corrected chi connectivity index (χ3v) is 6.02. The molecule has 0 aliphatic heterocycles. The van der Waals surface area contributed by atoms with Crippen molar-refractivity contribution in [2.75, 3.05) is 6.54 Å². The van der Waals surface area contributed by atoms with Gasteiger partial charge in [0.25, 0.3) is 0 Å². The molecule has 0 saturated carbocycles. The number of benzene rings is 1. The van der Waals surface area contributed by atoms with Gasteiger partial charge < -0.3 is 4.57 Å². The molecule has 0 fully saturated rings. The van der Waals surface area contributed by atoms with Crippen molar-refractivity contribution in [2.24, 2.45) is 5.92 Å². The molecule has 3 rings (SSSR count). The molecule has 0 aliphatic rings. The largest absolute Gasteiger partial charge is 0.332 e. The lowest BCUT2D eigenvalue weighted by molar-refractivity contribution is 0.532. The molecule has 0 aliphatic carbocycles. The molecule has 0 radical (unpaired) electrons. The van der Waals surface area contributed by atoms with Crippen molar-refractivity contribution >= 4 is 37.0 Å². The maximum Gasteiger partial charge on any atom is 0.240 e. The highest BCUT2D eigenvalue weighted by Crippen LogP contribution is 2.21. The third kappa shape index (κ3) is 4.34. The normalized spacial score (nSPS) is 12.2. The molecule has 0 saturated heterocycles. The second-order valence-electron chi connectivity index (χ2n) is 6.68. The first-order valence-corrected chi connectivity index (χ1v) is 10.8.